The minimum absolute atomic E-state index is 0.154. The highest BCUT2D eigenvalue weighted by Crippen LogP contribution is 2.28. The summed E-state index contributed by atoms with van der Waals surface area (Å²) in [5.74, 6) is 0.462. The first-order valence-electron chi connectivity index (χ1n) is 6.71. The predicted octanol–water partition coefficient (Wildman–Crippen LogP) is 4.43. The van der Waals surface area contributed by atoms with Crippen molar-refractivity contribution in [3.05, 3.63) is 64.3 Å². The number of benzene rings is 1. The number of hydrogen-bond donors (Lipinski definition) is 1. The summed E-state index contributed by atoms with van der Waals surface area (Å²) in [6.07, 6.45) is 1.75. The number of fused-ring (bicyclic) bond motifs is 1. The van der Waals surface area contributed by atoms with Crippen LogP contribution < -0.4 is 5.32 Å². The molecular weight excluding hydrogens is 335 g/mol. The molecule has 0 saturated heterocycles. The first-order chi connectivity index (χ1) is 10.2. The van der Waals surface area contributed by atoms with Crippen LogP contribution in [0.25, 0.3) is 11.0 Å². The van der Waals surface area contributed by atoms with Crippen molar-refractivity contribution in [3.8, 4) is 0 Å². The number of nitrogens with one attached hydrogen (secondary N) is 1. The van der Waals surface area contributed by atoms with Crippen molar-refractivity contribution >= 4 is 26.9 Å². The second-order valence-electron chi connectivity index (χ2n) is 4.72. The van der Waals surface area contributed by atoms with Crippen LogP contribution in [0.3, 0.4) is 0 Å². The third-order valence-electron chi connectivity index (χ3n) is 3.24. The molecule has 5 heteroatoms. The van der Waals surface area contributed by atoms with Crippen LogP contribution in [0.2, 0.25) is 0 Å². The minimum Gasteiger partial charge on any atom is -0.459 e. The van der Waals surface area contributed by atoms with E-state index in [0.717, 1.165) is 27.9 Å². The van der Waals surface area contributed by atoms with Gasteiger partial charge in [0.15, 0.2) is 0 Å². The number of aromatic nitrogens is 1. The third-order valence-corrected chi connectivity index (χ3v) is 3.71. The molecule has 2 aromatic heterocycles. The SMILES string of the molecule is CCNC(c1ccc(Br)cn1)c1cc2cc(F)ccc2o1. The van der Waals surface area contributed by atoms with Gasteiger partial charge in [0.1, 0.15) is 23.2 Å². The Labute approximate surface area is 130 Å². The molecule has 0 spiro atoms. The molecule has 21 heavy (non-hydrogen) atoms. The summed E-state index contributed by atoms with van der Waals surface area (Å²) in [5.41, 5.74) is 1.53. The number of pyridine rings is 1. The molecule has 0 radical (unpaired) electrons. The number of furan rings is 1. The lowest BCUT2D eigenvalue weighted by Crippen LogP contribution is -2.22. The molecule has 1 unspecified atom stereocenters. The highest BCUT2D eigenvalue weighted by atomic mass is 79.9. The first-order valence-corrected chi connectivity index (χ1v) is 7.50. The van der Waals surface area contributed by atoms with Gasteiger partial charge in [-0.15, -0.1) is 0 Å². The lowest BCUT2D eigenvalue weighted by molar-refractivity contribution is 0.471. The van der Waals surface area contributed by atoms with Crippen molar-refractivity contribution in [2.24, 2.45) is 0 Å². The summed E-state index contributed by atoms with van der Waals surface area (Å²) in [7, 11) is 0. The average Bonchev–Trinajstić information content (AvgIpc) is 2.88. The maximum absolute atomic E-state index is 13.3. The van der Waals surface area contributed by atoms with E-state index in [9.17, 15) is 4.39 Å². The Bertz CT molecular complexity index is 755. The topological polar surface area (TPSA) is 38.1 Å². The van der Waals surface area contributed by atoms with Crippen LogP contribution in [-0.2, 0) is 0 Å². The van der Waals surface area contributed by atoms with Crippen molar-refractivity contribution in [2.75, 3.05) is 6.54 Å². The molecule has 0 aliphatic carbocycles. The summed E-state index contributed by atoms with van der Waals surface area (Å²) < 4.78 is 20.1. The second kappa shape index (κ2) is 5.95. The van der Waals surface area contributed by atoms with Crippen molar-refractivity contribution < 1.29 is 8.81 Å². The van der Waals surface area contributed by atoms with Crippen LogP contribution in [0, 0.1) is 5.82 Å². The molecule has 2 heterocycles. The fourth-order valence-corrected chi connectivity index (χ4v) is 2.52. The number of halogens is 2. The van der Waals surface area contributed by atoms with Crippen molar-refractivity contribution in [1.29, 1.82) is 0 Å². The van der Waals surface area contributed by atoms with Gasteiger partial charge in [0.25, 0.3) is 0 Å². The summed E-state index contributed by atoms with van der Waals surface area (Å²) in [5, 5.41) is 4.10. The summed E-state index contributed by atoms with van der Waals surface area (Å²) in [6.45, 7) is 2.79. The minimum atomic E-state index is -0.267. The Hall–Kier alpha value is -1.72. The van der Waals surface area contributed by atoms with E-state index in [1.807, 2.05) is 25.1 Å². The van der Waals surface area contributed by atoms with Gasteiger partial charge < -0.3 is 9.73 Å². The summed E-state index contributed by atoms with van der Waals surface area (Å²) in [4.78, 5) is 4.42. The van der Waals surface area contributed by atoms with E-state index in [-0.39, 0.29) is 11.9 Å². The van der Waals surface area contributed by atoms with E-state index in [1.165, 1.54) is 12.1 Å². The van der Waals surface area contributed by atoms with Gasteiger partial charge in [-0.3, -0.25) is 4.98 Å². The summed E-state index contributed by atoms with van der Waals surface area (Å²) >= 11 is 3.38. The largest absolute Gasteiger partial charge is 0.459 e. The number of rotatable bonds is 4. The fraction of sp³-hybridized carbons (Fsp3) is 0.188. The Morgan fingerprint density at radius 1 is 1.29 bits per heavy atom. The van der Waals surface area contributed by atoms with Gasteiger partial charge >= 0.3 is 0 Å². The van der Waals surface area contributed by atoms with E-state index in [0.29, 0.717) is 5.58 Å². The van der Waals surface area contributed by atoms with Crippen molar-refractivity contribution in [2.45, 2.75) is 13.0 Å². The van der Waals surface area contributed by atoms with Gasteiger partial charge in [0.2, 0.25) is 0 Å². The van der Waals surface area contributed by atoms with Crippen LogP contribution in [0.5, 0.6) is 0 Å². The zero-order valence-corrected chi connectivity index (χ0v) is 13.0. The van der Waals surface area contributed by atoms with Crippen LogP contribution in [0.15, 0.2) is 51.5 Å². The van der Waals surface area contributed by atoms with E-state index < -0.39 is 0 Å². The maximum atomic E-state index is 13.3. The highest BCUT2D eigenvalue weighted by Gasteiger charge is 2.19. The van der Waals surface area contributed by atoms with Gasteiger partial charge in [0, 0.05) is 16.1 Å². The van der Waals surface area contributed by atoms with Gasteiger partial charge in [-0.1, -0.05) is 6.92 Å². The Balaban J connectivity index is 2.04. The Kier molecular flexibility index (Phi) is 4.03. The number of nitrogens with zero attached hydrogens (tertiary/aromatic N) is 1. The monoisotopic (exact) mass is 348 g/mol. The molecule has 0 bridgehead atoms. The van der Waals surface area contributed by atoms with Gasteiger partial charge in [-0.25, -0.2) is 4.39 Å². The molecule has 0 amide bonds. The molecule has 1 aromatic carbocycles. The standard InChI is InChI=1S/C16H14BrFN2O/c1-2-19-16(13-5-3-11(17)9-20-13)15-8-10-7-12(18)4-6-14(10)21-15/h3-9,16,19H,2H2,1H3. The van der Waals surface area contributed by atoms with Crippen LogP contribution in [0.1, 0.15) is 24.4 Å². The predicted molar refractivity (Wildman–Crippen MR) is 83.6 cm³/mol. The molecule has 0 fully saturated rings. The Morgan fingerprint density at radius 3 is 2.86 bits per heavy atom. The second-order valence-corrected chi connectivity index (χ2v) is 5.64. The quantitative estimate of drug-likeness (QED) is 0.757. The van der Waals surface area contributed by atoms with E-state index >= 15 is 0 Å². The van der Waals surface area contributed by atoms with Crippen molar-refractivity contribution in [1.82, 2.24) is 10.3 Å². The van der Waals surface area contributed by atoms with Gasteiger partial charge in [-0.05, 0) is 58.9 Å². The van der Waals surface area contributed by atoms with Crippen molar-refractivity contribution in [3.63, 3.8) is 0 Å². The summed E-state index contributed by atoms with van der Waals surface area (Å²) in [6, 6.07) is 10.1. The van der Waals surface area contributed by atoms with E-state index in [4.69, 9.17) is 4.42 Å². The third kappa shape index (κ3) is 2.99. The van der Waals surface area contributed by atoms with Gasteiger partial charge in [-0.2, -0.15) is 0 Å². The average molecular weight is 349 g/mol. The lowest BCUT2D eigenvalue weighted by atomic mass is 10.1. The molecule has 0 saturated carbocycles. The Morgan fingerprint density at radius 2 is 2.14 bits per heavy atom. The zero-order chi connectivity index (χ0) is 14.8. The van der Waals surface area contributed by atoms with Crippen LogP contribution in [-0.4, -0.2) is 11.5 Å². The molecular formula is C16H14BrFN2O. The van der Waals surface area contributed by atoms with Gasteiger partial charge in [0.05, 0.1) is 5.69 Å². The molecule has 3 aromatic rings. The van der Waals surface area contributed by atoms with Crippen LogP contribution >= 0.6 is 15.9 Å². The molecule has 1 N–H and O–H groups in total. The van der Waals surface area contributed by atoms with Crippen LogP contribution in [0.4, 0.5) is 4.39 Å². The molecule has 1 atom stereocenters. The normalized spacial score (nSPS) is 12.7. The molecule has 0 aliphatic rings. The maximum Gasteiger partial charge on any atom is 0.134 e. The smallest absolute Gasteiger partial charge is 0.134 e. The molecule has 3 rings (SSSR count). The molecule has 0 aliphatic heterocycles. The fourth-order valence-electron chi connectivity index (χ4n) is 2.29. The first kappa shape index (κ1) is 14.2. The number of hydrogen-bond acceptors (Lipinski definition) is 3. The lowest BCUT2D eigenvalue weighted by Gasteiger charge is -2.14. The zero-order valence-electron chi connectivity index (χ0n) is 11.4. The van der Waals surface area contributed by atoms with E-state index in [1.54, 1.807) is 12.3 Å². The molecule has 108 valence electrons. The molecule has 3 nitrogen and oxygen atoms in total. The van der Waals surface area contributed by atoms with E-state index in [2.05, 4.69) is 26.2 Å². The highest BCUT2D eigenvalue weighted by molar-refractivity contribution is 9.10.